The van der Waals surface area contributed by atoms with E-state index in [-0.39, 0.29) is 0 Å². The molecule has 2 N–H and O–H groups in total. The Morgan fingerprint density at radius 1 is 1.15 bits per heavy atom. The molecule has 1 heterocycles. The van der Waals surface area contributed by atoms with Gasteiger partial charge in [-0.2, -0.15) is 0 Å². The Morgan fingerprint density at radius 2 is 1.70 bits per heavy atom. The van der Waals surface area contributed by atoms with Crippen LogP contribution in [0.2, 0.25) is 0 Å². The maximum atomic E-state index is 11.8. The molecule has 1 saturated heterocycles. The average molecular weight is 282 g/mol. The molecule has 1 aliphatic heterocycles. The van der Waals surface area contributed by atoms with Crippen molar-refractivity contribution in [3.05, 3.63) is 0 Å². The van der Waals surface area contributed by atoms with Crippen LogP contribution in [0.4, 0.5) is 0 Å². The van der Waals surface area contributed by atoms with Gasteiger partial charge >= 0.3 is 5.97 Å². The first kappa shape index (κ1) is 15.8. The lowest BCUT2D eigenvalue weighted by Gasteiger charge is -2.42. The Labute approximate surface area is 122 Å². The van der Waals surface area contributed by atoms with Crippen LogP contribution in [0, 0.1) is 0 Å². The molecule has 0 bridgehead atoms. The van der Waals surface area contributed by atoms with Gasteiger partial charge in [0, 0.05) is 25.2 Å². The third-order valence-electron chi connectivity index (χ3n) is 5.13. The molecular weight excluding hydrogens is 252 g/mol. The summed E-state index contributed by atoms with van der Waals surface area (Å²) in [7, 11) is 0. The summed E-state index contributed by atoms with van der Waals surface area (Å²) in [4.78, 5) is 14.2. The van der Waals surface area contributed by atoms with E-state index in [9.17, 15) is 9.90 Å². The normalized spacial score (nSPS) is 25.6. The van der Waals surface area contributed by atoms with E-state index in [2.05, 4.69) is 24.1 Å². The number of carboxylic acids is 1. The third kappa shape index (κ3) is 3.73. The lowest BCUT2D eigenvalue weighted by molar-refractivity contribution is -0.148. The van der Waals surface area contributed by atoms with Crippen LogP contribution >= 0.6 is 0 Å². The van der Waals surface area contributed by atoms with Crippen LogP contribution in [-0.2, 0) is 4.79 Å². The highest BCUT2D eigenvalue weighted by Gasteiger charge is 2.43. The van der Waals surface area contributed by atoms with Crippen molar-refractivity contribution in [1.82, 2.24) is 10.2 Å². The molecule has 2 fully saturated rings. The first-order chi connectivity index (χ1) is 9.53. The van der Waals surface area contributed by atoms with Crippen molar-refractivity contribution < 1.29 is 9.90 Å². The van der Waals surface area contributed by atoms with Gasteiger partial charge in [0.2, 0.25) is 0 Å². The smallest absolute Gasteiger partial charge is 0.324 e. The number of hydrogen-bond donors (Lipinski definition) is 2. The number of nitrogens with one attached hydrogen (secondary N) is 1. The van der Waals surface area contributed by atoms with Gasteiger partial charge in [0.15, 0.2) is 0 Å². The predicted octanol–water partition coefficient (Wildman–Crippen LogP) is 2.63. The Hall–Kier alpha value is -0.610. The quantitative estimate of drug-likeness (QED) is 0.778. The fraction of sp³-hybridized carbons (Fsp3) is 0.938. The summed E-state index contributed by atoms with van der Waals surface area (Å²) in [6.45, 7) is 6.16. The fourth-order valence-corrected chi connectivity index (χ4v) is 3.66. The van der Waals surface area contributed by atoms with Crippen LogP contribution in [-0.4, -0.2) is 46.7 Å². The number of piperidine rings is 1. The largest absolute Gasteiger partial charge is 0.480 e. The number of hydrogen-bond acceptors (Lipinski definition) is 3. The van der Waals surface area contributed by atoms with Gasteiger partial charge < -0.3 is 10.0 Å². The molecule has 2 rings (SSSR count). The molecule has 0 aromatic heterocycles. The van der Waals surface area contributed by atoms with Crippen LogP contribution in [0.3, 0.4) is 0 Å². The van der Waals surface area contributed by atoms with Gasteiger partial charge in [0.1, 0.15) is 5.54 Å². The molecule has 116 valence electrons. The highest BCUT2D eigenvalue weighted by atomic mass is 16.4. The minimum Gasteiger partial charge on any atom is -0.480 e. The highest BCUT2D eigenvalue weighted by Crippen LogP contribution is 2.27. The molecule has 1 aliphatic carbocycles. The molecule has 4 nitrogen and oxygen atoms in total. The lowest BCUT2D eigenvalue weighted by atomic mass is 9.85. The Balaban J connectivity index is 1.98. The van der Waals surface area contributed by atoms with Crippen LogP contribution in [0.15, 0.2) is 0 Å². The molecule has 0 spiro atoms. The zero-order valence-corrected chi connectivity index (χ0v) is 13.0. The van der Waals surface area contributed by atoms with Crippen molar-refractivity contribution in [2.45, 2.75) is 82.8 Å². The van der Waals surface area contributed by atoms with Crippen LogP contribution in [0.1, 0.15) is 65.2 Å². The van der Waals surface area contributed by atoms with E-state index in [1.807, 2.05) is 0 Å². The van der Waals surface area contributed by atoms with Crippen LogP contribution in [0.25, 0.3) is 0 Å². The van der Waals surface area contributed by atoms with Crippen LogP contribution < -0.4 is 5.32 Å². The maximum absolute atomic E-state index is 11.8. The first-order valence-corrected chi connectivity index (χ1v) is 8.29. The predicted molar refractivity (Wildman–Crippen MR) is 80.9 cm³/mol. The van der Waals surface area contributed by atoms with Crippen molar-refractivity contribution >= 4 is 5.97 Å². The van der Waals surface area contributed by atoms with E-state index >= 15 is 0 Å². The molecule has 0 radical (unpaired) electrons. The number of aliphatic carboxylic acids is 1. The second-order valence-electron chi connectivity index (χ2n) is 6.85. The van der Waals surface area contributed by atoms with Gasteiger partial charge in [-0.05, 0) is 39.5 Å². The number of carbonyl (C=O) groups is 1. The average Bonchev–Trinajstić information content (AvgIpc) is 2.67. The van der Waals surface area contributed by atoms with E-state index in [1.165, 1.54) is 25.7 Å². The third-order valence-corrected chi connectivity index (χ3v) is 5.13. The molecule has 0 unspecified atom stereocenters. The molecule has 0 atom stereocenters. The Kier molecular flexibility index (Phi) is 5.44. The van der Waals surface area contributed by atoms with Crippen LogP contribution in [0.5, 0.6) is 0 Å². The molecular formula is C16H30N2O2. The molecule has 2 aliphatic rings. The maximum Gasteiger partial charge on any atom is 0.324 e. The number of rotatable bonds is 4. The topological polar surface area (TPSA) is 52.6 Å². The van der Waals surface area contributed by atoms with Gasteiger partial charge in [0.25, 0.3) is 0 Å². The molecule has 0 amide bonds. The summed E-state index contributed by atoms with van der Waals surface area (Å²) < 4.78 is 0. The summed E-state index contributed by atoms with van der Waals surface area (Å²) in [5, 5.41) is 13.3. The number of nitrogens with zero attached hydrogens (tertiary/aromatic N) is 1. The highest BCUT2D eigenvalue weighted by molar-refractivity contribution is 5.79. The lowest BCUT2D eigenvalue weighted by Crippen LogP contribution is -2.61. The van der Waals surface area contributed by atoms with Gasteiger partial charge in [-0.3, -0.25) is 10.1 Å². The summed E-state index contributed by atoms with van der Waals surface area (Å²) >= 11 is 0. The van der Waals surface area contributed by atoms with Gasteiger partial charge in [-0.15, -0.1) is 0 Å². The molecule has 0 aromatic carbocycles. The monoisotopic (exact) mass is 282 g/mol. The van der Waals surface area contributed by atoms with Crippen molar-refractivity contribution in [2.24, 2.45) is 0 Å². The second-order valence-corrected chi connectivity index (χ2v) is 6.85. The van der Waals surface area contributed by atoms with E-state index < -0.39 is 11.5 Å². The Morgan fingerprint density at radius 3 is 2.15 bits per heavy atom. The molecule has 20 heavy (non-hydrogen) atoms. The van der Waals surface area contributed by atoms with Crippen molar-refractivity contribution in [3.63, 3.8) is 0 Å². The summed E-state index contributed by atoms with van der Waals surface area (Å²) in [6.07, 6.45) is 8.84. The van der Waals surface area contributed by atoms with Gasteiger partial charge in [0.05, 0.1) is 0 Å². The first-order valence-electron chi connectivity index (χ1n) is 8.29. The Bertz CT molecular complexity index is 314. The van der Waals surface area contributed by atoms with Crippen molar-refractivity contribution in [3.8, 4) is 0 Å². The zero-order chi connectivity index (χ0) is 14.6. The minimum absolute atomic E-state index is 0.402. The summed E-state index contributed by atoms with van der Waals surface area (Å²) in [6, 6.07) is 0.916. The van der Waals surface area contributed by atoms with Gasteiger partial charge in [-0.25, -0.2) is 0 Å². The zero-order valence-electron chi connectivity index (χ0n) is 13.0. The number of carboxylic acid groups (broad SMARTS) is 1. The molecule has 4 heteroatoms. The van der Waals surface area contributed by atoms with E-state index in [0.717, 1.165) is 38.8 Å². The summed E-state index contributed by atoms with van der Waals surface area (Å²) in [5.74, 6) is -0.648. The van der Waals surface area contributed by atoms with E-state index in [1.54, 1.807) is 0 Å². The minimum atomic E-state index is -0.680. The molecule has 0 aromatic rings. The van der Waals surface area contributed by atoms with Crippen molar-refractivity contribution in [2.75, 3.05) is 13.1 Å². The van der Waals surface area contributed by atoms with Crippen molar-refractivity contribution in [1.29, 1.82) is 0 Å². The number of likely N-dealkylation sites (tertiary alicyclic amines) is 1. The SMILES string of the molecule is CC(C)N1CCC(NC2CCCCCC2)(C(=O)O)CC1. The molecule has 1 saturated carbocycles. The van der Waals surface area contributed by atoms with E-state index in [0.29, 0.717) is 12.1 Å². The van der Waals surface area contributed by atoms with Gasteiger partial charge in [-0.1, -0.05) is 25.7 Å². The fourth-order valence-electron chi connectivity index (χ4n) is 3.66. The summed E-state index contributed by atoms with van der Waals surface area (Å²) in [5.41, 5.74) is -0.680. The second kappa shape index (κ2) is 6.90. The standard InChI is InChI=1S/C16H30N2O2/c1-13(2)18-11-9-16(10-12-18,15(19)20)17-14-7-5-3-4-6-8-14/h13-14,17H,3-12H2,1-2H3,(H,19,20). The van der Waals surface area contributed by atoms with E-state index in [4.69, 9.17) is 0 Å².